The maximum atomic E-state index is 11.3. The molecule has 0 aliphatic carbocycles. The van der Waals surface area contributed by atoms with Gasteiger partial charge in [-0.05, 0) is 50.9 Å². The lowest BCUT2D eigenvalue weighted by atomic mass is 10.1. The quantitative estimate of drug-likeness (QED) is 0.786. The van der Waals surface area contributed by atoms with Crippen molar-refractivity contribution in [3.63, 3.8) is 0 Å². The first-order valence-corrected chi connectivity index (χ1v) is 7.27. The molecule has 2 aliphatic heterocycles. The summed E-state index contributed by atoms with van der Waals surface area (Å²) >= 11 is 0. The molecule has 0 radical (unpaired) electrons. The smallest absolute Gasteiger partial charge is 0.262 e. The fourth-order valence-corrected chi connectivity index (χ4v) is 2.90. The minimum absolute atomic E-state index is 0.0992. The SMILES string of the molecule is CC(CC1CCCN1)Nc1ccc2c(c1)NC(=O)CO2. The van der Waals surface area contributed by atoms with Crippen LogP contribution in [0.15, 0.2) is 18.2 Å². The molecule has 0 saturated carbocycles. The average molecular weight is 275 g/mol. The number of carbonyl (C=O) groups is 1. The normalized spacial score (nSPS) is 22.6. The molecule has 3 N–H and O–H groups in total. The van der Waals surface area contributed by atoms with Gasteiger partial charge >= 0.3 is 0 Å². The lowest BCUT2D eigenvalue weighted by Crippen LogP contribution is -2.29. The molecular formula is C15H21N3O2. The van der Waals surface area contributed by atoms with Crippen LogP contribution in [0.25, 0.3) is 0 Å². The van der Waals surface area contributed by atoms with Crippen LogP contribution in [0.2, 0.25) is 0 Å². The lowest BCUT2D eigenvalue weighted by molar-refractivity contribution is -0.118. The summed E-state index contributed by atoms with van der Waals surface area (Å²) in [5.41, 5.74) is 1.76. The summed E-state index contributed by atoms with van der Waals surface area (Å²) in [6.45, 7) is 3.43. The maximum Gasteiger partial charge on any atom is 0.262 e. The Hall–Kier alpha value is -1.75. The highest BCUT2D eigenvalue weighted by Crippen LogP contribution is 2.30. The van der Waals surface area contributed by atoms with Crippen LogP contribution >= 0.6 is 0 Å². The van der Waals surface area contributed by atoms with Crippen LogP contribution in [0.3, 0.4) is 0 Å². The predicted octanol–water partition coefficient (Wildman–Crippen LogP) is 1.96. The van der Waals surface area contributed by atoms with Crippen molar-refractivity contribution < 1.29 is 9.53 Å². The number of rotatable bonds is 4. The van der Waals surface area contributed by atoms with Gasteiger partial charge in [-0.1, -0.05) is 0 Å². The molecule has 2 aliphatic rings. The van der Waals surface area contributed by atoms with E-state index in [9.17, 15) is 4.79 Å². The number of benzene rings is 1. The fraction of sp³-hybridized carbons (Fsp3) is 0.533. The third-order valence-electron chi connectivity index (χ3n) is 3.83. The van der Waals surface area contributed by atoms with E-state index in [2.05, 4.69) is 22.9 Å². The van der Waals surface area contributed by atoms with Crippen LogP contribution in [-0.4, -0.2) is 31.1 Å². The van der Waals surface area contributed by atoms with E-state index in [4.69, 9.17) is 4.74 Å². The highest BCUT2D eigenvalue weighted by molar-refractivity contribution is 5.96. The van der Waals surface area contributed by atoms with Crippen LogP contribution in [0.5, 0.6) is 5.75 Å². The Morgan fingerprint density at radius 1 is 1.50 bits per heavy atom. The summed E-state index contributed by atoms with van der Waals surface area (Å²) < 4.78 is 5.35. The van der Waals surface area contributed by atoms with Crippen molar-refractivity contribution in [2.24, 2.45) is 0 Å². The molecule has 1 amide bonds. The molecule has 2 unspecified atom stereocenters. The Kier molecular flexibility index (Phi) is 3.78. The number of amides is 1. The number of hydrogen-bond donors (Lipinski definition) is 3. The maximum absolute atomic E-state index is 11.3. The summed E-state index contributed by atoms with van der Waals surface area (Å²) in [5, 5.41) is 9.83. The van der Waals surface area contributed by atoms with Gasteiger partial charge in [-0.25, -0.2) is 0 Å². The van der Waals surface area contributed by atoms with Crippen molar-refractivity contribution in [2.45, 2.75) is 38.3 Å². The molecule has 0 aromatic heterocycles. The molecule has 2 heterocycles. The number of fused-ring (bicyclic) bond motifs is 1. The predicted molar refractivity (Wildman–Crippen MR) is 79.3 cm³/mol. The zero-order chi connectivity index (χ0) is 13.9. The van der Waals surface area contributed by atoms with Crippen LogP contribution in [-0.2, 0) is 4.79 Å². The first-order chi connectivity index (χ1) is 9.70. The third-order valence-corrected chi connectivity index (χ3v) is 3.83. The number of anilines is 2. The number of ether oxygens (including phenoxy) is 1. The Labute approximate surface area is 119 Å². The van der Waals surface area contributed by atoms with Gasteiger partial charge in [0.1, 0.15) is 5.75 Å². The highest BCUT2D eigenvalue weighted by atomic mass is 16.5. The number of nitrogens with one attached hydrogen (secondary N) is 3. The Balaban J connectivity index is 1.62. The molecule has 5 heteroatoms. The summed E-state index contributed by atoms with van der Waals surface area (Å²) in [5.74, 6) is 0.637. The molecule has 1 saturated heterocycles. The monoisotopic (exact) mass is 275 g/mol. The van der Waals surface area contributed by atoms with Gasteiger partial charge in [-0.15, -0.1) is 0 Å². The molecule has 20 heavy (non-hydrogen) atoms. The van der Waals surface area contributed by atoms with Gasteiger partial charge < -0.3 is 20.7 Å². The van der Waals surface area contributed by atoms with E-state index >= 15 is 0 Å². The lowest BCUT2D eigenvalue weighted by Gasteiger charge is -2.22. The first-order valence-electron chi connectivity index (χ1n) is 7.27. The molecular weight excluding hydrogens is 254 g/mol. The topological polar surface area (TPSA) is 62.4 Å². The fourth-order valence-electron chi connectivity index (χ4n) is 2.90. The summed E-state index contributed by atoms with van der Waals surface area (Å²) in [7, 11) is 0. The molecule has 0 bridgehead atoms. The van der Waals surface area contributed by atoms with Gasteiger partial charge in [0, 0.05) is 17.8 Å². The largest absolute Gasteiger partial charge is 0.482 e. The van der Waals surface area contributed by atoms with Crippen molar-refractivity contribution in [3.8, 4) is 5.75 Å². The summed E-state index contributed by atoms with van der Waals surface area (Å²) in [4.78, 5) is 11.3. The van der Waals surface area contributed by atoms with Crippen LogP contribution in [0.1, 0.15) is 26.2 Å². The van der Waals surface area contributed by atoms with Crippen molar-refractivity contribution in [1.82, 2.24) is 5.32 Å². The second-order valence-electron chi connectivity index (χ2n) is 5.62. The molecule has 1 fully saturated rings. The van der Waals surface area contributed by atoms with E-state index in [1.54, 1.807) is 0 Å². The zero-order valence-corrected chi connectivity index (χ0v) is 11.7. The molecule has 5 nitrogen and oxygen atoms in total. The van der Waals surface area contributed by atoms with Gasteiger partial charge in [0.25, 0.3) is 5.91 Å². The van der Waals surface area contributed by atoms with Crippen LogP contribution < -0.4 is 20.7 Å². The van der Waals surface area contributed by atoms with E-state index in [1.807, 2.05) is 18.2 Å². The van der Waals surface area contributed by atoms with Gasteiger partial charge in [-0.2, -0.15) is 0 Å². The second kappa shape index (κ2) is 5.71. The standard InChI is InChI=1S/C15H21N3O2/c1-10(7-11-3-2-6-16-11)17-12-4-5-14-13(8-12)18-15(19)9-20-14/h4-5,8,10-11,16-17H,2-3,6-7,9H2,1H3,(H,18,19). The Morgan fingerprint density at radius 2 is 2.40 bits per heavy atom. The van der Waals surface area contributed by atoms with Gasteiger partial charge in [0.05, 0.1) is 5.69 Å². The second-order valence-corrected chi connectivity index (χ2v) is 5.62. The number of carbonyl (C=O) groups excluding carboxylic acids is 1. The highest BCUT2D eigenvalue weighted by Gasteiger charge is 2.18. The van der Waals surface area contributed by atoms with E-state index in [1.165, 1.54) is 12.8 Å². The zero-order valence-electron chi connectivity index (χ0n) is 11.7. The molecule has 3 rings (SSSR count). The third kappa shape index (κ3) is 3.04. The average Bonchev–Trinajstić information content (AvgIpc) is 2.91. The van der Waals surface area contributed by atoms with Crippen LogP contribution in [0.4, 0.5) is 11.4 Å². The molecule has 2 atom stereocenters. The van der Waals surface area contributed by atoms with E-state index < -0.39 is 0 Å². The van der Waals surface area contributed by atoms with Crippen LogP contribution in [0, 0.1) is 0 Å². The molecule has 108 valence electrons. The molecule has 0 spiro atoms. The minimum Gasteiger partial charge on any atom is -0.482 e. The first kappa shape index (κ1) is 13.2. The van der Waals surface area contributed by atoms with Crippen molar-refractivity contribution in [3.05, 3.63) is 18.2 Å². The summed E-state index contributed by atoms with van der Waals surface area (Å²) in [6.07, 6.45) is 3.65. The number of hydrogen-bond acceptors (Lipinski definition) is 4. The summed E-state index contributed by atoms with van der Waals surface area (Å²) in [6, 6.07) is 6.85. The molecule has 1 aromatic rings. The van der Waals surface area contributed by atoms with Gasteiger partial charge in [-0.3, -0.25) is 4.79 Å². The minimum atomic E-state index is -0.0992. The van der Waals surface area contributed by atoms with Gasteiger partial charge in [0.2, 0.25) is 0 Å². The molecule has 1 aromatic carbocycles. The Bertz CT molecular complexity index is 498. The van der Waals surface area contributed by atoms with Crippen molar-refractivity contribution in [1.29, 1.82) is 0 Å². The van der Waals surface area contributed by atoms with Gasteiger partial charge in [0.15, 0.2) is 6.61 Å². The van der Waals surface area contributed by atoms with E-state index in [0.29, 0.717) is 12.1 Å². The Morgan fingerprint density at radius 3 is 3.20 bits per heavy atom. The van der Waals surface area contributed by atoms with Crippen molar-refractivity contribution >= 4 is 17.3 Å². The van der Waals surface area contributed by atoms with Crippen molar-refractivity contribution in [2.75, 3.05) is 23.8 Å². The van der Waals surface area contributed by atoms with E-state index in [-0.39, 0.29) is 12.5 Å². The van der Waals surface area contributed by atoms with E-state index in [0.717, 1.165) is 30.1 Å².